The van der Waals surface area contributed by atoms with E-state index in [0.29, 0.717) is 12.5 Å². The molecule has 1 aliphatic heterocycles. The Bertz CT molecular complexity index is 608. The number of nitrogens with one attached hydrogen (secondary N) is 1. The first-order valence-corrected chi connectivity index (χ1v) is 8.19. The maximum Gasteiger partial charge on any atom is 0.235 e. The molecule has 3 rings (SSSR count). The van der Waals surface area contributed by atoms with Crippen LogP contribution in [0.5, 0.6) is 0 Å². The SMILES string of the molecule is Cn1ccnc1N1CCN(CC(=O)N[C@@](C)(C#N)C2CC2)CC1. The highest BCUT2D eigenvalue weighted by atomic mass is 16.2. The lowest BCUT2D eigenvalue weighted by Gasteiger charge is -2.35. The van der Waals surface area contributed by atoms with Crippen molar-refractivity contribution >= 4 is 11.9 Å². The lowest BCUT2D eigenvalue weighted by atomic mass is 9.98. The first-order valence-electron chi connectivity index (χ1n) is 8.19. The Morgan fingerprint density at radius 3 is 2.65 bits per heavy atom. The summed E-state index contributed by atoms with van der Waals surface area (Å²) >= 11 is 0. The predicted molar refractivity (Wildman–Crippen MR) is 86.7 cm³/mol. The van der Waals surface area contributed by atoms with Crippen LogP contribution >= 0.6 is 0 Å². The molecular formula is C16H24N6O. The van der Waals surface area contributed by atoms with E-state index in [2.05, 4.69) is 26.2 Å². The van der Waals surface area contributed by atoms with Gasteiger partial charge in [-0.2, -0.15) is 5.26 Å². The van der Waals surface area contributed by atoms with E-state index in [0.717, 1.165) is 45.0 Å². The van der Waals surface area contributed by atoms with E-state index in [-0.39, 0.29) is 5.91 Å². The Hall–Kier alpha value is -2.07. The number of hydrogen-bond acceptors (Lipinski definition) is 5. The molecular weight excluding hydrogens is 292 g/mol. The molecule has 1 aliphatic carbocycles. The van der Waals surface area contributed by atoms with Gasteiger partial charge in [0.15, 0.2) is 0 Å². The summed E-state index contributed by atoms with van der Waals surface area (Å²) in [5, 5.41) is 12.3. The largest absolute Gasteiger partial charge is 0.340 e. The molecule has 2 heterocycles. The minimum absolute atomic E-state index is 0.0496. The molecule has 1 atom stereocenters. The van der Waals surface area contributed by atoms with Gasteiger partial charge in [-0.3, -0.25) is 9.69 Å². The van der Waals surface area contributed by atoms with Crippen molar-refractivity contribution < 1.29 is 4.79 Å². The third kappa shape index (κ3) is 3.48. The monoisotopic (exact) mass is 316 g/mol. The third-order valence-electron chi connectivity index (χ3n) is 4.84. The number of aromatic nitrogens is 2. The van der Waals surface area contributed by atoms with Crippen molar-refractivity contribution in [3.8, 4) is 6.07 Å². The number of anilines is 1. The highest BCUT2D eigenvalue weighted by molar-refractivity contribution is 5.79. The minimum Gasteiger partial charge on any atom is -0.340 e. The quantitative estimate of drug-likeness (QED) is 0.848. The summed E-state index contributed by atoms with van der Waals surface area (Å²) in [6.45, 7) is 5.56. The third-order valence-corrected chi connectivity index (χ3v) is 4.84. The number of aryl methyl sites for hydroxylation is 1. The first-order chi connectivity index (χ1) is 11.0. The van der Waals surface area contributed by atoms with Crippen molar-refractivity contribution in [2.75, 3.05) is 37.6 Å². The van der Waals surface area contributed by atoms with Gasteiger partial charge in [0, 0.05) is 45.6 Å². The van der Waals surface area contributed by atoms with Gasteiger partial charge in [-0.15, -0.1) is 0 Å². The smallest absolute Gasteiger partial charge is 0.235 e. The van der Waals surface area contributed by atoms with Crippen LogP contribution in [-0.4, -0.2) is 58.6 Å². The van der Waals surface area contributed by atoms with Gasteiger partial charge < -0.3 is 14.8 Å². The lowest BCUT2D eigenvalue weighted by molar-refractivity contribution is -0.123. The van der Waals surface area contributed by atoms with Crippen molar-refractivity contribution in [3.05, 3.63) is 12.4 Å². The number of rotatable bonds is 5. The average Bonchev–Trinajstić information content (AvgIpc) is 3.31. The van der Waals surface area contributed by atoms with Crippen molar-refractivity contribution in [3.63, 3.8) is 0 Å². The normalized spacial score (nSPS) is 21.5. The van der Waals surface area contributed by atoms with Crippen LogP contribution in [0.2, 0.25) is 0 Å². The van der Waals surface area contributed by atoms with Gasteiger partial charge >= 0.3 is 0 Å². The summed E-state index contributed by atoms with van der Waals surface area (Å²) in [6, 6.07) is 2.27. The van der Waals surface area contributed by atoms with Gasteiger partial charge in [-0.1, -0.05) is 0 Å². The molecule has 1 amide bonds. The van der Waals surface area contributed by atoms with Crippen molar-refractivity contribution in [1.82, 2.24) is 19.8 Å². The van der Waals surface area contributed by atoms with Crippen LogP contribution < -0.4 is 10.2 Å². The number of piperazine rings is 1. The fraction of sp³-hybridized carbons (Fsp3) is 0.688. The zero-order chi connectivity index (χ0) is 16.4. The van der Waals surface area contributed by atoms with Gasteiger partial charge in [0.2, 0.25) is 11.9 Å². The molecule has 2 aliphatic rings. The topological polar surface area (TPSA) is 77.2 Å². The Balaban J connectivity index is 1.48. The molecule has 2 fully saturated rings. The molecule has 0 spiro atoms. The van der Waals surface area contributed by atoms with Gasteiger partial charge in [0.1, 0.15) is 5.54 Å². The fourth-order valence-corrected chi connectivity index (χ4v) is 3.18. The summed E-state index contributed by atoms with van der Waals surface area (Å²) in [5.41, 5.74) is -0.703. The average molecular weight is 316 g/mol. The van der Waals surface area contributed by atoms with Crippen molar-refractivity contribution in [1.29, 1.82) is 5.26 Å². The molecule has 23 heavy (non-hydrogen) atoms. The van der Waals surface area contributed by atoms with E-state index in [4.69, 9.17) is 0 Å². The van der Waals surface area contributed by atoms with Crippen LogP contribution in [0.1, 0.15) is 19.8 Å². The summed E-state index contributed by atoms with van der Waals surface area (Å²) in [6.07, 6.45) is 5.81. The zero-order valence-corrected chi connectivity index (χ0v) is 13.8. The molecule has 0 aromatic carbocycles. The fourth-order valence-electron chi connectivity index (χ4n) is 3.18. The number of nitriles is 1. The summed E-state index contributed by atoms with van der Waals surface area (Å²) in [5.74, 6) is 1.24. The number of imidazole rings is 1. The molecule has 7 heteroatoms. The lowest BCUT2D eigenvalue weighted by Crippen LogP contribution is -2.53. The highest BCUT2D eigenvalue weighted by Crippen LogP contribution is 2.39. The molecule has 1 N–H and O–H groups in total. The van der Waals surface area contributed by atoms with Crippen LogP contribution in [-0.2, 0) is 11.8 Å². The summed E-state index contributed by atoms with van der Waals surface area (Å²) in [7, 11) is 1.99. The number of hydrogen-bond donors (Lipinski definition) is 1. The second kappa shape index (κ2) is 6.20. The number of amides is 1. The van der Waals surface area contributed by atoms with E-state index in [1.54, 1.807) is 6.20 Å². The van der Waals surface area contributed by atoms with E-state index in [1.807, 2.05) is 24.7 Å². The molecule has 124 valence electrons. The second-order valence-corrected chi connectivity index (χ2v) is 6.74. The Morgan fingerprint density at radius 1 is 1.43 bits per heavy atom. The van der Waals surface area contributed by atoms with Crippen LogP contribution in [0.25, 0.3) is 0 Å². The zero-order valence-electron chi connectivity index (χ0n) is 13.8. The molecule has 0 unspecified atom stereocenters. The van der Waals surface area contributed by atoms with Crippen molar-refractivity contribution in [2.45, 2.75) is 25.3 Å². The van der Waals surface area contributed by atoms with Gasteiger partial charge in [0.25, 0.3) is 0 Å². The maximum absolute atomic E-state index is 12.2. The second-order valence-electron chi connectivity index (χ2n) is 6.74. The van der Waals surface area contributed by atoms with Crippen LogP contribution in [0.4, 0.5) is 5.95 Å². The molecule has 1 aromatic rings. The first kappa shape index (κ1) is 15.8. The van der Waals surface area contributed by atoms with Gasteiger partial charge in [-0.05, 0) is 25.7 Å². The number of carbonyl (C=O) groups is 1. The van der Waals surface area contributed by atoms with Crippen LogP contribution in [0.3, 0.4) is 0 Å². The van der Waals surface area contributed by atoms with Crippen LogP contribution in [0, 0.1) is 17.2 Å². The predicted octanol–water partition coefficient (Wildman–Crippen LogP) is 0.351. The van der Waals surface area contributed by atoms with E-state index >= 15 is 0 Å². The number of nitrogens with zero attached hydrogens (tertiary/aromatic N) is 5. The summed E-state index contributed by atoms with van der Waals surface area (Å²) in [4.78, 5) is 21.0. The van der Waals surface area contributed by atoms with E-state index in [9.17, 15) is 10.1 Å². The minimum atomic E-state index is -0.703. The van der Waals surface area contributed by atoms with Crippen LogP contribution in [0.15, 0.2) is 12.4 Å². The Kier molecular flexibility index (Phi) is 4.26. The molecule has 0 radical (unpaired) electrons. The highest BCUT2D eigenvalue weighted by Gasteiger charge is 2.43. The van der Waals surface area contributed by atoms with Gasteiger partial charge in [-0.25, -0.2) is 4.98 Å². The number of carbonyl (C=O) groups excluding carboxylic acids is 1. The Morgan fingerprint density at radius 2 is 2.13 bits per heavy atom. The maximum atomic E-state index is 12.2. The van der Waals surface area contributed by atoms with Crippen molar-refractivity contribution in [2.24, 2.45) is 13.0 Å². The Labute approximate surface area is 136 Å². The molecule has 1 aromatic heterocycles. The molecule has 7 nitrogen and oxygen atoms in total. The molecule has 1 saturated carbocycles. The van der Waals surface area contributed by atoms with E-state index in [1.165, 1.54) is 0 Å². The van der Waals surface area contributed by atoms with Gasteiger partial charge in [0.05, 0.1) is 12.6 Å². The molecule has 1 saturated heterocycles. The van der Waals surface area contributed by atoms with E-state index < -0.39 is 5.54 Å². The summed E-state index contributed by atoms with van der Waals surface area (Å²) < 4.78 is 2.01. The standard InChI is InChI=1S/C16H24N6O/c1-16(12-17,13-3-4-13)19-14(23)11-21-7-9-22(10-8-21)15-18-5-6-20(15)2/h5-6,13H,3-4,7-11H2,1-2H3,(H,19,23)/t16-/m0/s1. The molecule has 0 bridgehead atoms.